The van der Waals surface area contributed by atoms with Crippen molar-refractivity contribution < 1.29 is 17.6 Å². The minimum Gasteiger partial charge on any atom is -0.329 e. The highest BCUT2D eigenvalue weighted by Gasteiger charge is 2.25. The molecule has 0 bridgehead atoms. The van der Waals surface area contributed by atoms with Crippen LogP contribution in [0.5, 0.6) is 0 Å². The molecular formula is C12H19ClFN3O3S. The number of rotatable bonds is 5. The maximum atomic E-state index is 13.5. The fourth-order valence-corrected chi connectivity index (χ4v) is 2.90. The highest BCUT2D eigenvalue weighted by atomic mass is 35.5. The zero-order chi connectivity index (χ0) is 15.5. The Morgan fingerprint density at radius 2 is 2.05 bits per heavy atom. The topological polar surface area (TPSA) is 92.5 Å². The quantitative estimate of drug-likeness (QED) is 0.842. The average Bonchev–Trinajstić information content (AvgIpc) is 2.38. The van der Waals surface area contributed by atoms with Crippen LogP contribution in [0.1, 0.15) is 13.8 Å². The largest absolute Gasteiger partial charge is 0.329 e. The number of nitrogens with two attached hydrogens (primary N) is 1. The molecule has 1 aromatic rings. The first kappa shape index (κ1) is 19.8. The van der Waals surface area contributed by atoms with Crippen LogP contribution in [0, 0.1) is 5.82 Å². The van der Waals surface area contributed by atoms with E-state index in [1.54, 1.807) is 6.92 Å². The SMILES string of the molecule is CC(=O)Nc1cc(S(=O)(=O)N(C)C(C)CN)ccc1F.Cl. The van der Waals surface area contributed by atoms with Crippen molar-refractivity contribution in [2.45, 2.75) is 24.8 Å². The fraction of sp³-hybridized carbons (Fsp3) is 0.417. The number of nitrogens with zero attached hydrogens (tertiary/aromatic N) is 1. The lowest BCUT2D eigenvalue weighted by Gasteiger charge is -2.23. The molecule has 0 saturated heterocycles. The molecule has 0 saturated carbocycles. The third-order valence-corrected chi connectivity index (χ3v) is 4.86. The van der Waals surface area contributed by atoms with E-state index >= 15 is 0 Å². The number of nitrogens with one attached hydrogen (secondary N) is 1. The number of carbonyl (C=O) groups excluding carboxylic acids is 1. The van der Waals surface area contributed by atoms with E-state index in [2.05, 4.69) is 5.32 Å². The second-order valence-corrected chi connectivity index (χ2v) is 6.43. The molecule has 120 valence electrons. The van der Waals surface area contributed by atoms with Crippen LogP contribution in [-0.4, -0.2) is 38.3 Å². The first-order chi connectivity index (χ1) is 9.20. The minimum atomic E-state index is -3.79. The molecule has 1 aromatic carbocycles. The van der Waals surface area contributed by atoms with Gasteiger partial charge in [0, 0.05) is 26.6 Å². The second-order valence-electron chi connectivity index (χ2n) is 4.43. The van der Waals surface area contributed by atoms with Crippen molar-refractivity contribution in [3.8, 4) is 0 Å². The van der Waals surface area contributed by atoms with Crippen molar-refractivity contribution in [2.24, 2.45) is 5.73 Å². The Hall–Kier alpha value is -1.22. The van der Waals surface area contributed by atoms with Crippen molar-refractivity contribution in [1.29, 1.82) is 0 Å². The molecular weight excluding hydrogens is 321 g/mol. The Morgan fingerprint density at radius 3 is 2.52 bits per heavy atom. The van der Waals surface area contributed by atoms with Crippen molar-refractivity contribution >= 4 is 34.0 Å². The predicted octanol–water partition coefficient (Wildman–Crippen LogP) is 1.17. The number of likely N-dealkylation sites (N-methyl/N-ethyl adjacent to an activating group) is 1. The van der Waals surface area contributed by atoms with E-state index < -0.39 is 27.8 Å². The standard InChI is InChI=1S/C12H18FN3O3S.ClH/c1-8(7-14)16(3)20(18,19)10-4-5-11(13)12(6-10)15-9(2)17;/h4-6,8H,7,14H2,1-3H3,(H,15,17);1H. The Balaban J connectivity index is 0.00000400. The molecule has 0 spiro atoms. The van der Waals surface area contributed by atoms with E-state index in [0.717, 1.165) is 22.5 Å². The van der Waals surface area contributed by atoms with E-state index in [9.17, 15) is 17.6 Å². The fourth-order valence-electron chi connectivity index (χ4n) is 1.50. The second kappa shape index (κ2) is 7.69. The van der Waals surface area contributed by atoms with Crippen LogP contribution in [-0.2, 0) is 14.8 Å². The van der Waals surface area contributed by atoms with Gasteiger partial charge in [-0.05, 0) is 25.1 Å². The number of amides is 1. The number of halogens is 2. The highest BCUT2D eigenvalue weighted by Crippen LogP contribution is 2.22. The summed E-state index contributed by atoms with van der Waals surface area (Å²) in [6, 6.07) is 2.84. The maximum Gasteiger partial charge on any atom is 0.243 e. The van der Waals surface area contributed by atoms with Gasteiger partial charge in [0.2, 0.25) is 15.9 Å². The van der Waals surface area contributed by atoms with E-state index in [1.165, 1.54) is 14.0 Å². The number of hydrogen-bond acceptors (Lipinski definition) is 4. The molecule has 0 aliphatic heterocycles. The smallest absolute Gasteiger partial charge is 0.243 e. The summed E-state index contributed by atoms with van der Waals surface area (Å²) in [6.45, 7) is 3.04. The van der Waals surface area contributed by atoms with Gasteiger partial charge in [-0.2, -0.15) is 4.31 Å². The maximum absolute atomic E-state index is 13.5. The molecule has 0 radical (unpaired) electrons. The van der Waals surface area contributed by atoms with Gasteiger partial charge in [-0.15, -0.1) is 12.4 Å². The molecule has 0 fully saturated rings. The van der Waals surface area contributed by atoms with E-state index in [1.807, 2.05) is 0 Å². The Kier molecular flexibility index (Phi) is 7.25. The molecule has 21 heavy (non-hydrogen) atoms. The van der Waals surface area contributed by atoms with Gasteiger partial charge in [0.25, 0.3) is 0 Å². The highest BCUT2D eigenvalue weighted by molar-refractivity contribution is 7.89. The molecule has 0 heterocycles. The molecule has 3 N–H and O–H groups in total. The van der Waals surface area contributed by atoms with Crippen LogP contribution in [0.15, 0.2) is 23.1 Å². The zero-order valence-electron chi connectivity index (χ0n) is 12.0. The van der Waals surface area contributed by atoms with Crippen LogP contribution in [0.3, 0.4) is 0 Å². The first-order valence-corrected chi connectivity index (χ1v) is 7.39. The van der Waals surface area contributed by atoms with Crippen molar-refractivity contribution in [1.82, 2.24) is 4.31 Å². The molecule has 0 aliphatic rings. The number of hydrogen-bond donors (Lipinski definition) is 2. The van der Waals surface area contributed by atoms with Crippen LogP contribution in [0.2, 0.25) is 0 Å². The van der Waals surface area contributed by atoms with Gasteiger partial charge in [-0.25, -0.2) is 12.8 Å². The van der Waals surface area contributed by atoms with Crippen LogP contribution < -0.4 is 11.1 Å². The van der Waals surface area contributed by atoms with Gasteiger partial charge < -0.3 is 11.1 Å². The van der Waals surface area contributed by atoms with Crippen LogP contribution in [0.4, 0.5) is 10.1 Å². The van der Waals surface area contributed by atoms with Crippen molar-refractivity contribution in [3.05, 3.63) is 24.0 Å². The molecule has 1 unspecified atom stereocenters. The zero-order valence-corrected chi connectivity index (χ0v) is 13.6. The molecule has 0 aliphatic carbocycles. The number of anilines is 1. The first-order valence-electron chi connectivity index (χ1n) is 5.95. The van der Waals surface area contributed by atoms with Crippen molar-refractivity contribution in [3.63, 3.8) is 0 Å². The lowest BCUT2D eigenvalue weighted by atomic mass is 10.3. The monoisotopic (exact) mass is 339 g/mol. The summed E-state index contributed by atoms with van der Waals surface area (Å²) in [5.41, 5.74) is 5.27. The van der Waals surface area contributed by atoms with Gasteiger partial charge in [0.05, 0.1) is 10.6 Å². The summed E-state index contributed by atoms with van der Waals surface area (Å²) in [5.74, 6) is -1.18. The van der Waals surface area contributed by atoms with Crippen LogP contribution >= 0.6 is 12.4 Å². The lowest BCUT2D eigenvalue weighted by Crippen LogP contribution is -2.39. The number of carbonyl (C=O) groups is 1. The average molecular weight is 340 g/mol. The minimum absolute atomic E-state index is 0. The van der Waals surface area contributed by atoms with Gasteiger partial charge >= 0.3 is 0 Å². The summed E-state index contributed by atoms with van der Waals surface area (Å²) in [4.78, 5) is 10.9. The van der Waals surface area contributed by atoms with Gasteiger partial charge in [0.15, 0.2) is 0 Å². The summed E-state index contributed by atoms with van der Waals surface area (Å²) in [6.07, 6.45) is 0. The van der Waals surface area contributed by atoms with E-state index in [4.69, 9.17) is 5.73 Å². The van der Waals surface area contributed by atoms with Gasteiger partial charge in [-0.1, -0.05) is 0 Å². The molecule has 9 heteroatoms. The summed E-state index contributed by atoms with van der Waals surface area (Å²) < 4.78 is 39.2. The number of benzene rings is 1. The Labute approximate surface area is 130 Å². The van der Waals surface area contributed by atoms with Gasteiger partial charge in [-0.3, -0.25) is 4.79 Å². The molecule has 6 nitrogen and oxygen atoms in total. The Morgan fingerprint density at radius 1 is 1.48 bits per heavy atom. The normalized spacial score (nSPS) is 12.7. The lowest BCUT2D eigenvalue weighted by molar-refractivity contribution is -0.114. The molecule has 1 rings (SSSR count). The third kappa shape index (κ3) is 4.63. The van der Waals surface area contributed by atoms with Crippen molar-refractivity contribution in [2.75, 3.05) is 18.9 Å². The summed E-state index contributed by atoms with van der Waals surface area (Å²) in [5, 5.41) is 2.25. The summed E-state index contributed by atoms with van der Waals surface area (Å²) in [7, 11) is -2.39. The third-order valence-electron chi connectivity index (χ3n) is 2.89. The Bertz CT molecular complexity index is 610. The summed E-state index contributed by atoms with van der Waals surface area (Å²) >= 11 is 0. The van der Waals surface area contributed by atoms with Crippen LogP contribution in [0.25, 0.3) is 0 Å². The molecule has 0 aromatic heterocycles. The number of sulfonamides is 1. The van der Waals surface area contributed by atoms with E-state index in [0.29, 0.717) is 0 Å². The van der Waals surface area contributed by atoms with Gasteiger partial charge in [0.1, 0.15) is 5.82 Å². The molecule has 1 atom stereocenters. The van der Waals surface area contributed by atoms with E-state index in [-0.39, 0.29) is 29.5 Å². The molecule has 1 amide bonds. The predicted molar refractivity (Wildman–Crippen MR) is 81.4 cm³/mol.